The average Bonchev–Trinajstić information content (AvgIpc) is 2.31. The average molecular weight is 162 g/mol. The summed E-state index contributed by atoms with van der Waals surface area (Å²) in [4.78, 5) is 0. The molecule has 0 heteroatoms. The number of allylic oxidation sites excluding steroid dienone is 6. The highest BCUT2D eigenvalue weighted by Crippen LogP contribution is 2.16. The van der Waals surface area contributed by atoms with Gasteiger partial charge in [0.1, 0.15) is 0 Å². The lowest BCUT2D eigenvalue weighted by Crippen LogP contribution is -1.88. The van der Waals surface area contributed by atoms with Gasteiger partial charge in [0, 0.05) is 0 Å². The molecule has 0 spiro atoms. The van der Waals surface area contributed by atoms with E-state index < -0.39 is 0 Å². The number of rotatable bonds is 3. The smallest absolute Gasteiger partial charge is 0.00473 e. The molecule has 0 amide bonds. The first kappa shape index (κ1) is 9.31. The molecule has 0 aliphatic heterocycles. The highest BCUT2D eigenvalue weighted by atomic mass is 14.1. The summed E-state index contributed by atoms with van der Waals surface area (Å²) < 4.78 is 0. The first-order valence-electron chi connectivity index (χ1n) is 4.92. The molecule has 0 radical (unpaired) electrons. The largest absolute Gasteiger partial charge is 0.0776 e. The van der Waals surface area contributed by atoms with Gasteiger partial charge in [0.15, 0.2) is 0 Å². The molecular formula is C12H18. The summed E-state index contributed by atoms with van der Waals surface area (Å²) in [6.07, 6.45) is 15.0. The Hall–Kier alpha value is -0.780. The van der Waals surface area contributed by atoms with Crippen molar-refractivity contribution in [2.45, 2.75) is 33.1 Å². The van der Waals surface area contributed by atoms with E-state index in [1.165, 1.54) is 18.4 Å². The molecule has 0 N–H and O–H groups in total. The fraction of sp³-hybridized carbons (Fsp3) is 0.500. The van der Waals surface area contributed by atoms with Crippen LogP contribution in [-0.2, 0) is 0 Å². The van der Waals surface area contributed by atoms with E-state index in [1.807, 2.05) is 0 Å². The van der Waals surface area contributed by atoms with Crippen molar-refractivity contribution in [2.75, 3.05) is 0 Å². The summed E-state index contributed by atoms with van der Waals surface area (Å²) in [5, 5.41) is 0. The minimum absolute atomic E-state index is 0.662. The van der Waals surface area contributed by atoms with Gasteiger partial charge in [-0.3, -0.25) is 0 Å². The SMILES string of the molecule is CCCC1C=CC=C(CC)C=C1. The summed E-state index contributed by atoms with van der Waals surface area (Å²) in [7, 11) is 0. The molecule has 0 fully saturated rings. The summed E-state index contributed by atoms with van der Waals surface area (Å²) >= 11 is 0. The van der Waals surface area contributed by atoms with E-state index in [4.69, 9.17) is 0 Å². The fourth-order valence-corrected chi connectivity index (χ4v) is 1.45. The highest BCUT2D eigenvalue weighted by Gasteiger charge is 2.00. The highest BCUT2D eigenvalue weighted by molar-refractivity contribution is 5.28. The van der Waals surface area contributed by atoms with Gasteiger partial charge in [-0.1, -0.05) is 50.6 Å². The Labute approximate surface area is 75.7 Å². The lowest BCUT2D eigenvalue weighted by atomic mass is 10.0. The van der Waals surface area contributed by atoms with Gasteiger partial charge >= 0.3 is 0 Å². The third kappa shape index (κ3) is 2.69. The summed E-state index contributed by atoms with van der Waals surface area (Å²) in [6, 6.07) is 0. The van der Waals surface area contributed by atoms with E-state index in [9.17, 15) is 0 Å². The Morgan fingerprint density at radius 1 is 1.25 bits per heavy atom. The van der Waals surface area contributed by atoms with Crippen LogP contribution in [0.5, 0.6) is 0 Å². The third-order valence-electron chi connectivity index (χ3n) is 2.26. The first-order valence-corrected chi connectivity index (χ1v) is 4.92. The zero-order valence-electron chi connectivity index (χ0n) is 8.09. The molecule has 0 nitrogen and oxygen atoms in total. The van der Waals surface area contributed by atoms with Gasteiger partial charge in [-0.15, -0.1) is 0 Å². The van der Waals surface area contributed by atoms with Gasteiger partial charge in [0.2, 0.25) is 0 Å². The van der Waals surface area contributed by atoms with E-state index in [-0.39, 0.29) is 0 Å². The molecule has 1 rings (SSSR count). The van der Waals surface area contributed by atoms with Crippen LogP contribution in [0.25, 0.3) is 0 Å². The van der Waals surface area contributed by atoms with Crippen molar-refractivity contribution >= 4 is 0 Å². The maximum atomic E-state index is 2.32. The van der Waals surface area contributed by atoms with Gasteiger partial charge < -0.3 is 0 Å². The van der Waals surface area contributed by atoms with Gasteiger partial charge in [-0.05, 0) is 24.3 Å². The minimum atomic E-state index is 0.662. The van der Waals surface area contributed by atoms with E-state index in [0.717, 1.165) is 6.42 Å². The molecular weight excluding hydrogens is 144 g/mol. The summed E-state index contributed by atoms with van der Waals surface area (Å²) in [5.74, 6) is 0.662. The van der Waals surface area contributed by atoms with Crippen molar-refractivity contribution in [1.82, 2.24) is 0 Å². The van der Waals surface area contributed by atoms with Crippen LogP contribution in [0.1, 0.15) is 33.1 Å². The predicted molar refractivity (Wildman–Crippen MR) is 55.1 cm³/mol. The predicted octanol–water partition coefficient (Wildman–Crippen LogP) is 3.87. The number of hydrogen-bond donors (Lipinski definition) is 0. The molecule has 1 unspecified atom stereocenters. The minimum Gasteiger partial charge on any atom is -0.0776 e. The lowest BCUT2D eigenvalue weighted by molar-refractivity contribution is 0.691. The van der Waals surface area contributed by atoms with Crippen LogP contribution < -0.4 is 0 Å². The zero-order chi connectivity index (χ0) is 8.81. The molecule has 0 saturated heterocycles. The van der Waals surface area contributed by atoms with E-state index in [1.54, 1.807) is 0 Å². The van der Waals surface area contributed by atoms with E-state index >= 15 is 0 Å². The van der Waals surface area contributed by atoms with Crippen LogP contribution >= 0.6 is 0 Å². The second kappa shape index (κ2) is 4.97. The lowest BCUT2D eigenvalue weighted by Gasteiger charge is -2.02. The van der Waals surface area contributed by atoms with Crippen LogP contribution in [0.4, 0.5) is 0 Å². The van der Waals surface area contributed by atoms with Gasteiger partial charge in [-0.25, -0.2) is 0 Å². The molecule has 0 aromatic carbocycles. The molecule has 12 heavy (non-hydrogen) atoms. The Bertz CT molecular complexity index is 206. The second-order valence-corrected chi connectivity index (χ2v) is 3.29. The Morgan fingerprint density at radius 2 is 2.08 bits per heavy atom. The molecule has 0 bridgehead atoms. The topological polar surface area (TPSA) is 0 Å². The maximum Gasteiger partial charge on any atom is -0.00473 e. The van der Waals surface area contributed by atoms with Gasteiger partial charge in [0.05, 0.1) is 0 Å². The normalized spacial score (nSPS) is 22.2. The van der Waals surface area contributed by atoms with Gasteiger partial charge in [-0.2, -0.15) is 0 Å². The standard InChI is InChI=1S/C12H18/c1-3-6-12-8-5-7-11(4-2)9-10-12/h5,7-10,12H,3-4,6H2,1-2H3. The van der Waals surface area contributed by atoms with Crippen molar-refractivity contribution in [1.29, 1.82) is 0 Å². The van der Waals surface area contributed by atoms with Crippen molar-refractivity contribution < 1.29 is 0 Å². The Kier molecular flexibility index (Phi) is 3.86. The van der Waals surface area contributed by atoms with Crippen molar-refractivity contribution in [3.05, 3.63) is 36.0 Å². The quantitative estimate of drug-likeness (QED) is 0.591. The first-order chi connectivity index (χ1) is 5.86. The molecule has 0 aromatic heterocycles. The molecule has 1 aliphatic rings. The molecule has 66 valence electrons. The molecule has 1 atom stereocenters. The van der Waals surface area contributed by atoms with E-state index in [2.05, 4.69) is 44.2 Å². The van der Waals surface area contributed by atoms with Crippen molar-refractivity contribution in [3.8, 4) is 0 Å². The maximum absolute atomic E-state index is 2.32. The zero-order valence-corrected chi connectivity index (χ0v) is 8.09. The second-order valence-electron chi connectivity index (χ2n) is 3.29. The van der Waals surface area contributed by atoms with Gasteiger partial charge in [0.25, 0.3) is 0 Å². The summed E-state index contributed by atoms with van der Waals surface area (Å²) in [6.45, 7) is 4.44. The fourth-order valence-electron chi connectivity index (χ4n) is 1.45. The number of hydrogen-bond acceptors (Lipinski definition) is 0. The molecule has 1 aliphatic carbocycles. The molecule has 0 saturated carbocycles. The van der Waals surface area contributed by atoms with Crippen molar-refractivity contribution in [2.24, 2.45) is 5.92 Å². The molecule has 0 heterocycles. The van der Waals surface area contributed by atoms with Crippen LogP contribution in [0.3, 0.4) is 0 Å². The van der Waals surface area contributed by atoms with Crippen LogP contribution in [0.15, 0.2) is 36.0 Å². The monoisotopic (exact) mass is 162 g/mol. The van der Waals surface area contributed by atoms with Crippen molar-refractivity contribution in [3.63, 3.8) is 0 Å². The molecule has 0 aromatic rings. The Balaban J connectivity index is 2.57. The van der Waals surface area contributed by atoms with Crippen LogP contribution in [0, 0.1) is 5.92 Å². The Morgan fingerprint density at radius 3 is 2.75 bits per heavy atom. The third-order valence-corrected chi connectivity index (χ3v) is 2.26. The van der Waals surface area contributed by atoms with E-state index in [0.29, 0.717) is 5.92 Å². The van der Waals surface area contributed by atoms with Crippen LogP contribution in [-0.4, -0.2) is 0 Å². The van der Waals surface area contributed by atoms with Crippen LogP contribution in [0.2, 0.25) is 0 Å². The summed E-state index contributed by atoms with van der Waals surface area (Å²) in [5.41, 5.74) is 1.44.